The van der Waals surface area contributed by atoms with Gasteiger partial charge in [-0.2, -0.15) is 0 Å². The van der Waals surface area contributed by atoms with Crippen molar-refractivity contribution in [3.05, 3.63) is 30.0 Å². The molecule has 1 aromatic carbocycles. The van der Waals surface area contributed by atoms with Gasteiger partial charge in [0.25, 0.3) is 0 Å². The van der Waals surface area contributed by atoms with Crippen LogP contribution in [0, 0.1) is 0 Å². The normalized spacial score (nSPS) is 12.4. The molecule has 0 aliphatic heterocycles. The zero-order valence-corrected chi connectivity index (χ0v) is 14.0. The van der Waals surface area contributed by atoms with Crippen molar-refractivity contribution < 1.29 is 19.1 Å². The van der Waals surface area contributed by atoms with Crippen LogP contribution in [0.1, 0.15) is 50.5 Å². The monoisotopic (exact) mass is 317 g/mol. The Balaban J connectivity index is 2.51. The second-order valence-electron chi connectivity index (χ2n) is 5.63. The number of esters is 1. The largest absolute Gasteiger partial charge is 0.494 e. The number of aldehydes is 1. The number of ether oxygens (including phenoxy) is 2. The summed E-state index contributed by atoms with van der Waals surface area (Å²) in [6.07, 6.45) is 2.92. The fraction of sp³-hybridized carbons (Fsp3) is 0.444. The predicted octanol–water partition coefficient (Wildman–Crippen LogP) is 3.76. The number of fused-ring (bicyclic) bond motifs is 1. The summed E-state index contributed by atoms with van der Waals surface area (Å²) in [6.45, 7) is 8.03. The number of benzene rings is 1. The molecule has 1 heterocycles. The zero-order chi connectivity index (χ0) is 17.0. The Morgan fingerprint density at radius 1 is 1.30 bits per heavy atom. The molecule has 23 heavy (non-hydrogen) atoms. The molecule has 1 atom stereocenters. The number of carbonyl (C=O) groups is 2. The Labute approximate surface area is 136 Å². The number of carbonyl (C=O) groups excluding carboxylic acids is 2. The fourth-order valence-electron chi connectivity index (χ4n) is 2.66. The summed E-state index contributed by atoms with van der Waals surface area (Å²) in [5, 5.41) is 0.779. The Bertz CT molecular complexity index is 702. The third kappa shape index (κ3) is 3.55. The van der Waals surface area contributed by atoms with Crippen molar-refractivity contribution >= 4 is 23.2 Å². The Kier molecular flexibility index (Phi) is 5.42. The van der Waals surface area contributed by atoms with E-state index in [9.17, 15) is 9.59 Å². The van der Waals surface area contributed by atoms with E-state index in [-0.39, 0.29) is 12.1 Å². The van der Waals surface area contributed by atoms with Crippen molar-refractivity contribution in [1.29, 1.82) is 0 Å². The summed E-state index contributed by atoms with van der Waals surface area (Å²) in [7, 11) is 0. The van der Waals surface area contributed by atoms with E-state index in [1.165, 1.54) is 0 Å². The highest BCUT2D eigenvalue weighted by atomic mass is 16.5. The molecule has 1 unspecified atom stereocenters. The van der Waals surface area contributed by atoms with E-state index in [1.54, 1.807) is 6.20 Å². The molecule has 2 rings (SSSR count). The molecule has 0 spiro atoms. The van der Waals surface area contributed by atoms with Gasteiger partial charge in [0.15, 0.2) is 6.29 Å². The Hall–Kier alpha value is -2.30. The summed E-state index contributed by atoms with van der Waals surface area (Å²) in [5.74, 6) is 0.421. The van der Waals surface area contributed by atoms with E-state index in [1.807, 2.05) is 50.5 Å². The molecule has 124 valence electrons. The van der Waals surface area contributed by atoms with E-state index in [0.717, 1.165) is 17.2 Å². The van der Waals surface area contributed by atoms with Crippen molar-refractivity contribution in [1.82, 2.24) is 4.57 Å². The topological polar surface area (TPSA) is 57.5 Å². The Morgan fingerprint density at radius 2 is 2.04 bits per heavy atom. The third-order valence-corrected chi connectivity index (χ3v) is 3.62. The molecule has 5 heteroatoms. The van der Waals surface area contributed by atoms with Crippen molar-refractivity contribution in [2.75, 3.05) is 6.61 Å². The van der Waals surface area contributed by atoms with Gasteiger partial charge < -0.3 is 14.0 Å². The quantitative estimate of drug-likeness (QED) is 0.576. The zero-order valence-electron chi connectivity index (χ0n) is 14.0. The number of aromatic nitrogens is 1. The first-order valence-corrected chi connectivity index (χ1v) is 7.94. The van der Waals surface area contributed by atoms with Gasteiger partial charge in [0.1, 0.15) is 11.8 Å². The number of rotatable bonds is 7. The molecule has 0 saturated carbocycles. The number of nitrogens with zero attached hydrogens (tertiary/aromatic N) is 1. The summed E-state index contributed by atoms with van der Waals surface area (Å²) in [6, 6.07) is 5.10. The highest BCUT2D eigenvalue weighted by Gasteiger charge is 2.24. The van der Waals surface area contributed by atoms with E-state index in [2.05, 4.69) is 0 Å². The summed E-state index contributed by atoms with van der Waals surface area (Å²) in [5.41, 5.74) is 1.36. The highest BCUT2D eigenvalue weighted by Crippen LogP contribution is 2.29. The van der Waals surface area contributed by atoms with E-state index >= 15 is 0 Å². The lowest BCUT2D eigenvalue weighted by Gasteiger charge is -2.19. The van der Waals surface area contributed by atoms with E-state index in [0.29, 0.717) is 24.3 Å². The van der Waals surface area contributed by atoms with Crippen molar-refractivity contribution in [3.8, 4) is 5.75 Å². The molecule has 0 fully saturated rings. The van der Waals surface area contributed by atoms with Crippen LogP contribution in [0.4, 0.5) is 0 Å². The summed E-state index contributed by atoms with van der Waals surface area (Å²) < 4.78 is 12.7. The second kappa shape index (κ2) is 7.31. The molecule has 0 bridgehead atoms. The molecular weight excluding hydrogens is 294 g/mol. The smallest absolute Gasteiger partial charge is 0.329 e. The van der Waals surface area contributed by atoms with Gasteiger partial charge in [-0.25, -0.2) is 4.79 Å². The summed E-state index contributed by atoms with van der Waals surface area (Å²) >= 11 is 0. The van der Waals surface area contributed by atoms with Crippen LogP contribution in [-0.4, -0.2) is 29.5 Å². The number of hydrogen-bond donors (Lipinski definition) is 0. The minimum absolute atomic E-state index is 0.173. The fourth-order valence-corrected chi connectivity index (χ4v) is 2.66. The lowest BCUT2D eigenvalue weighted by Crippen LogP contribution is -2.23. The van der Waals surface area contributed by atoms with Gasteiger partial charge in [0.05, 0.1) is 12.7 Å². The van der Waals surface area contributed by atoms with Gasteiger partial charge in [-0.3, -0.25) is 4.79 Å². The average molecular weight is 317 g/mol. The van der Waals surface area contributed by atoms with Crippen LogP contribution in [-0.2, 0) is 9.53 Å². The van der Waals surface area contributed by atoms with Crippen LogP contribution in [0.15, 0.2) is 24.4 Å². The SMILES string of the molecule is CCOc1ccc2c(c1)c(C=O)cn2C(CC)C(=O)OC(C)C. The van der Waals surface area contributed by atoms with Crippen molar-refractivity contribution in [3.63, 3.8) is 0 Å². The van der Waals surface area contributed by atoms with Gasteiger partial charge in [-0.15, -0.1) is 0 Å². The molecule has 2 aromatic rings. The number of hydrogen-bond acceptors (Lipinski definition) is 4. The first-order valence-electron chi connectivity index (χ1n) is 7.94. The molecule has 0 saturated heterocycles. The van der Waals surface area contributed by atoms with Gasteiger partial charge >= 0.3 is 5.97 Å². The molecule has 0 aliphatic rings. The van der Waals surface area contributed by atoms with E-state index < -0.39 is 6.04 Å². The van der Waals surface area contributed by atoms with Crippen LogP contribution < -0.4 is 4.74 Å². The first kappa shape index (κ1) is 17.1. The lowest BCUT2D eigenvalue weighted by molar-refractivity contribution is -0.151. The second-order valence-corrected chi connectivity index (χ2v) is 5.63. The summed E-state index contributed by atoms with van der Waals surface area (Å²) in [4.78, 5) is 23.7. The predicted molar refractivity (Wildman–Crippen MR) is 89.1 cm³/mol. The lowest BCUT2D eigenvalue weighted by atomic mass is 10.1. The van der Waals surface area contributed by atoms with Crippen LogP contribution in [0.25, 0.3) is 10.9 Å². The molecule has 0 N–H and O–H groups in total. The van der Waals surface area contributed by atoms with Gasteiger partial charge in [-0.05, 0) is 45.4 Å². The average Bonchev–Trinajstić information content (AvgIpc) is 2.86. The maximum atomic E-state index is 12.3. The molecule has 0 aliphatic carbocycles. The van der Waals surface area contributed by atoms with Crippen LogP contribution >= 0.6 is 0 Å². The van der Waals surface area contributed by atoms with Crippen LogP contribution in [0.3, 0.4) is 0 Å². The minimum atomic E-state index is -0.452. The van der Waals surface area contributed by atoms with Gasteiger partial charge in [0, 0.05) is 22.7 Å². The Morgan fingerprint density at radius 3 is 2.61 bits per heavy atom. The van der Waals surface area contributed by atoms with Crippen molar-refractivity contribution in [2.45, 2.75) is 46.3 Å². The van der Waals surface area contributed by atoms with Crippen LogP contribution in [0.2, 0.25) is 0 Å². The van der Waals surface area contributed by atoms with Crippen molar-refractivity contribution in [2.24, 2.45) is 0 Å². The van der Waals surface area contributed by atoms with Gasteiger partial charge in [0.2, 0.25) is 0 Å². The van der Waals surface area contributed by atoms with Crippen LogP contribution in [0.5, 0.6) is 5.75 Å². The van der Waals surface area contributed by atoms with Gasteiger partial charge in [-0.1, -0.05) is 6.92 Å². The maximum Gasteiger partial charge on any atom is 0.329 e. The molecule has 0 radical (unpaired) electrons. The maximum absolute atomic E-state index is 12.3. The minimum Gasteiger partial charge on any atom is -0.494 e. The molecule has 1 aromatic heterocycles. The molecule has 0 amide bonds. The molecular formula is C18H23NO4. The standard InChI is InChI=1S/C18H23NO4/c1-5-16(18(21)23-12(3)4)19-10-13(11-20)15-9-14(22-6-2)7-8-17(15)19/h7-12,16H,5-6H2,1-4H3. The molecule has 5 nitrogen and oxygen atoms in total. The van der Waals surface area contributed by atoms with E-state index in [4.69, 9.17) is 9.47 Å². The third-order valence-electron chi connectivity index (χ3n) is 3.62. The highest BCUT2D eigenvalue weighted by molar-refractivity contribution is 5.99. The first-order chi connectivity index (χ1) is 11.0.